The molecule has 0 aliphatic carbocycles. The Morgan fingerprint density at radius 2 is 2.26 bits per heavy atom. The van der Waals surface area contributed by atoms with Gasteiger partial charge in [0.05, 0.1) is 41.2 Å². The lowest BCUT2D eigenvalue weighted by molar-refractivity contribution is -0.385. The minimum atomic E-state index is -0.723. The Morgan fingerprint density at radius 3 is 2.87 bits per heavy atom. The molecule has 1 aromatic heterocycles. The van der Waals surface area contributed by atoms with Crippen molar-refractivity contribution in [2.45, 2.75) is 12.6 Å². The van der Waals surface area contributed by atoms with E-state index in [9.17, 15) is 19.6 Å². The SMILES string of the molecule is CN(C)CC(O)Cn1cc(Nc2ccc([N+](=O)[O-])cc2F)cn1. The molecule has 0 aliphatic rings. The lowest BCUT2D eigenvalue weighted by Crippen LogP contribution is -2.29. The molecule has 124 valence electrons. The largest absolute Gasteiger partial charge is 0.390 e. The molecule has 0 aliphatic heterocycles. The van der Waals surface area contributed by atoms with E-state index in [0.29, 0.717) is 18.8 Å². The highest BCUT2D eigenvalue weighted by Crippen LogP contribution is 2.23. The molecule has 1 heterocycles. The lowest BCUT2D eigenvalue weighted by atomic mass is 10.2. The van der Waals surface area contributed by atoms with Crippen LogP contribution in [0.2, 0.25) is 0 Å². The highest BCUT2D eigenvalue weighted by atomic mass is 19.1. The lowest BCUT2D eigenvalue weighted by Gasteiger charge is -2.15. The van der Waals surface area contributed by atoms with E-state index in [4.69, 9.17) is 0 Å². The Labute approximate surface area is 132 Å². The van der Waals surface area contributed by atoms with Crippen molar-refractivity contribution in [1.82, 2.24) is 14.7 Å². The Bertz CT molecular complexity index is 689. The number of benzene rings is 1. The number of anilines is 2. The van der Waals surface area contributed by atoms with Crippen LogP contribution in [0.15, 0.2) is 30.6 Å². The zero-order valence-corrected chi connectivity index (χ0v) is 12.8. The molecule has 8 nitrogen and oxygen atoms in total. The quantitative estimate of drug-likeness (QED) is 0.593. The van der Waals surface area contributed by atoms with Crippen molar-refractivity contribution in [3.8, 4) is 0 Å². The van der Waals surface area contributed by atoms with Gasteiger partial charge in [-0.3, -0.25) is 14.8 Å². The molecule has 2 aromatic rings. The monoisotopic (exact) mass is 323 g/mol. The Morgan fingerprint density at radius 1 is 1.52 bits per heavy atom. The van der Waals surface area contributed by atoms with Gasteiger partial charge in [-0.25, -0.2) is 4.39 Å². The van der Waals surface area contributed by atoms with Gasteiger partial charge in [0.15, 0.2) is 5.82 Å². The molecule has 0 radical (unpaired) electrons. The highest BCUT2D eigenvalue weighted by Gasteiger charge is 2.12. The average Bonchev–Trinajstić information content (AvgIpc) is 2.87. The third-order valence-corrected chi connectivity index (χ3v) is 3.05. The summed E-state index contributed by atoms with van der Waals surface area (Å²) < 4.78 is 15.4. The summed E-state index contributed by atoms with van der Waals surface area (Å²) in [5.41, 5.74) is 0.328. The third-order valence-electron chi connectivity index (χ3n) is 3.05. The van der Waals surface area contributed by atoms with Gasteiger partial charge in [0, 0.05) is 18.8 Å². The van der Waals surface area contributed by atoms with Crippen LogP contribution in [-0.2, 0) is 6.54 Å². The number of nitro groups is 1. The fourth-order valence-electron chi connectivity index (χ4n) is 2.10. The van der Waals surface area contributed by atoms with Gasteiger partial charge in [-0.1, -0.05) is 0 Å². The van der Waals surface area contributed by atoms with E-state index in [1.165, 1.54) is 18.3 Å². The molecule has 0 saturated carbocycles. The fraction of sp³-hybridized carbons (Fsp3) is 0.357. The molecule has 0 bridgehead atoms. The number of rotatable bonds is 7. The first kappa shape index (κ1) is 16.8. The molecule has 1 aromatic carbocycles. The van der Waals surface area contributed by atoms with E-state index < -0.39 is 16.8 Å². The van der Waals surface area contributed by atoms with Crippen molar-refractivity contribution in [3.05, 3.63) is 46.5 Å². The van der Waals surface area contributed by atoms with E-state index in [-0.39, 0.29) is 11.4 Å². The Hall–Kier alpha value is -2.52. The van der Waals surface area contributed by atoms with Gasteiger partial charge >= 0.3 is 0 Å². The van der Waals surface area contributed by atoms with Crippen LogP contribution in [0.25, 0.3) is 0 Å². The van der Waals surface area contributed by atoms with Crippen molar-refractivity contribution in [3.63, 3.8) is 0 Å². The molecule has 0 saturated heterocycles. The number of aromatic nitrogens is 2. The van der Waals surface area contributed by atoms with Crippen LogP contribution in [-0.4, -0.2) is 51.5 Å². The number of likely N-dealkylation sites (N-methyl/N-ethyl adjacent to an activating group) is 1. The van der Waals surface area contributed by atoms with E-state index >= 15 is 0 Å². The summed E-state index contributed by atoms with van der Waals surface area (Å²) >= 11 is 0. The van der Waals surface area contributed by atoms with Crippen LogP contribution in [0.3, 0.4) is 0 Å². The number of nitrogens with one attached hydrogen (secondary N) is 1. The molecule has 2 N–H and O–H groups in total. The number of nitrogens with zero attached hydrogens (tertiary/aromatic N) is 4. The zero-order valence-electron chi connectivity index (χ0n) is 12.8. The molecule has 0 amide bonds. The molecule has 0 spiro atoms. The number of non-ortho nitro benzene ring substituents is 1. The number of nitro benzene ring substituents is 1. The van der Waals surface area contributed by atoms with Gasteiger partial charge in [-0.15, -0.1) is 0 Å². The number of aliphatic hydroxyl groups excluding tert-OH is 1. The first-order valence-corrected chi connectivity index (χ1v) is 6.91. The minimum Gasteiger partial charge on any atom is -0.390 e. The second-order valence-corrected chi connectivity index (χ2v) is 5.41. The summed E-state index contributed by atoms with van der Waals surface area (Å²) in [5, 5.41) is 27.3. The average molecular weight is 323 g/mol. The molecular formula is C14H18FN5O3. The van der Waals surface area contributed by atoms with Crippen LogP contribution in [0.1, 0.15) is 0 Å². The van der Waals surface area contributed by atoms with E-state index in [1.807, 2.05) is 19.0 Å². The van der Waals surface area contributed by atoms with E-state index in [0.717, 1.165) is 6.07 Å². The summed E-state index contributed by atoms with van der Waals surface area (Å²) in [4.78, 5) is 11.8. The molecule has 2 rings (SSSR count). The van der Waals surface area contributed by atoms with Crippen LogP contribution in [0.4, 0.5) is 21.5 Å². The molecule has 23 heavy (non-hydrogen) atoms. The van der Waals surface area contributed by atoms with Crippen LogP contribution >= 0.6 is 0 Å². The maximum Gasteiger partial charge on any atom is 0.272 e. The highest BCUT2D eigenvalue weighted by molar-refractivity contribution is 5.60. The smallest absolute Gasteiger partial charge is 0.272 e. The number of hydrogen-bond donors (Lipinski definition) is 2. The van der Waals surface area contributed by atoms with Crippen LogP contribution < -0.4 is 5.32 Å². The maximum atomic E-state index is 13.8. The van der Waals surface area contributed by atoms with Crippen molar-refractivity contribution >= 4 is 17.1 Å². The molecule has 9 heteroatoms. The third kappa shape index (κ3) is 4.73. The van der Waals surface area contributed by atoms with Gasteiger partial charge in [0.25, 0.3) is 5.69 Å². The van der Waals surface area contributed by atoms with Crippen molar-refractivity contribution < 1.29 is 14.4 Å². The van der Waals surface area contributed by atoms with Crippen LogP contribution in [0.5, 0.6) is 0 Å². The molecule has 1 unspecified atom stereocenters. The predicted octanol–water partition coefficient (Wildman–Crippen LogP) is 1.60. The second-order valence-electron chi connectivity index (χ2n) is 5.41. The fourth-order valence-corrected chi connectivity index (χ4v) is 2.10. The predicted molar refractivity (Wildman–Crippen MR) is 83.1 cm³/mol. The zero-order chi connectivity index (χ0) is 17.0. The maximum absolute atomic E-state index is 13.8. The Balaban J connectivity index is 2.03. The topological polar surface area (TPSA) is 96.5 Å². The normalized spacial score (nSPS) is 12.4. The summed E-state index contributed by atoms with van der Waals surface area (Å²) in [6.07, 6.45) is 2.54. The van der Waals surface area contributed by atoms with Gasteiger partial charge in [0.1, 0.15) is 0 Å². The van der Waals surface area contributed by atoms with Crippen molar-refractivity contribution in [2.75, 3.05) is 26.0 Å². The Kier molecular flexibility index (Phi) is 5.24. The summed E-state index contributed by atoms with van der Waals surface area (Å²) in [7, 11) is 3.72. The van der Waals surface area contributed by atoms with Gasteiger partial charge < -0.3 is 15.3 Å². The van der Waals surface area contributed by atoms with Crippen LogP contribution in [0, 0.1) is 15.9 Å². The molecular weight excluding hydrogens is 305 g/mol. The first-order valence-electron chi connectivity index (χ1n) is 6.91. The minimum absolute atomic E-state index is 0.115. The summed E-state index contributed by atoms with van der Waals surface area (Å²) in [6.45, 7) is 0.808. The number of aliphatic hydroxyl groups is 1. The first-order chi connectivity index (χ1) is 10.8. The van der Waals surface area contributed by atoms with Crippen molar-refractivity contribution in [1.29, 1.82) is 0 Å². The molecule has 0 fully saturated rings. The summed E-state index contributed by atoms with van der Waals surface area (Å²) in [6, 6.07) is 3.37. The van der Waals surface area contributed by atoms with E-state index in [1.54, 1.807) is 10.9 Å². The number of halogens is 1. The van der Waals surface area contributed by atoms with E-state index in [2.05, 4.69) is 10.4 Å². The number of hydrogen-bond acceptors (Lipinski definition) is 6. The van der Waals surface area contributed by atoms with Gasteiger partial charge in [-0.2, -0.15) is 5.10 Å². The second kappa shape index (κ2) is 7.16. The van der Waals surface area contributed by atoms with Crippen molar-refractivity contribution in [2.24, 2.45) is 0 Å². The standard InChI is InChI=1S/C14H18FN5O3/c1-18(2)8-12(21)9-19-7-10(6-16-19)17-14-4-3-11(20(22)23)5-13(14)15/h3-7,12,17,21H,8-9H2,1-2H3. The van der Waals surface area contributed by atoms with Gasteiger partial charge in [0.2, 0.25) is 0 Å². The van der Waals surface area contributed by atoms with Gasteiger partial charge in [-0.05, 0) is 20.2 Å². The molecule has 1 atom stereocenters. The summed E-state index contributed by atoms with van der Waals surface area (Å²) in [5.74, 6) is -0.723.